The molecule has 108 valence electrons. The van der Waals surface area contributed by atoms with Crippen molar-refractivity contribution in [1.29, 1.82) is 0 Å². The molecule has 21 heavy (non-hydrogen) atoms. The zero-order valence-corrected chi connectivity index (χ0v) is 11.7. The second-order valence-electron chi connectivity index (χ2n) is 5.40. The molecule has 0 unspecified atom stereocenters. The highest BCUT2D eigenvalue weighted by molar-refractivity contribution is 5.94. The SMILES string of the molecule is O=C(NC1CCCC1)c1ccc(-c2cccc(F)c2)nc1. The first-order valence-electron chi connectivity index (χ1n) is 7.25. The largest absolute Gasteiger partial charge is 0.349 e. The Labute approximate surface area is 123 Å². The molecule has 1 aliphatic rings. The number of hydrogen-bond acceptors (Lipinski definition) is 2. The van der Waals surface area contributed by atoms with Crippen molar-refractivity contribution in [2.45, 2.75) is 31.7 Å². The lowest BCUT2D eigenvalue weighted by Crippen LogP contribution is -2.32. The summed E-state index contributed by atoms with van der Waals surface area (Å²) in [6.45, 7) is 0. The summed E-state index contributed by atoms with van der Waals surface area (Å²) >= 11 is 0. The summed E-state index contributed by atoms with van der Waals surface area (Å²) in [6.07, 6.45) is 6.02. The van der Waals surface area contributed by atoms with Crippen LogP contribution in [0.1, 0.15) is 36.0 Å². The molecule has 1 amide bonds. The molecule has 3 nitrogen and oxygen atoms in total. The molecular weight excluding hydrogens is 267 g/mol. The van der Waals surface area contributed by atoms with Crippen molar-refractivity contribution in [2.75, 3.05) is 0 Å². The number of pyridine rings is 1. The van der Waals surface area contributed by atoms with Crippen LogP contribution in [0.15, 0.2) is 42.6 Å². The minimum Gasteiger partial charge on any atom is -0.349 e. The smallest absolute Gasteiger partial charge is 0.253 e. The summed E-state index contributed by atoms with van der Waals surface area (Å²) in [5.41, 5.74) is 1.91. The zero-order valence-electron chi connectivity index (χ0n) is 11.7. The van der Waals surface area contributed by atoms with E-state index in [1.807, 2.05) is 0 Å². The summed E-state index contributed by atoms with van der Waals surface area (Å²) < 4.78 is 13.2. The minimum absolute atomic E-state index is 0.0832. The van der Waals surface area contributed by atoms with Gasteiger partial charge < -0.3 is 5.32 Å². The van der Waals surface area contributed by atoms with Crippen LogP contribution in [0.5, 0.6) is 0 Å². The van der Waals surface area contributed by atoms with Gasteiger partial charge in [-0.25, -0.2) is 4.39 Å². The number of hydrogen-bond donors (Lipinski definition) is 1. The normalized spacial score (nSPS) is 15.1. The molecule has 0 saturated heterocycles. The molecule has 0 atom stereocenters. The summed E-state index contributed by atoms with van der Waals surface area (Å²) in [7, 11) is 0. The Morgan fingerprint density at radius 2 is 2.00 bits per heavy atom. The predicted molar refractivity (Wildman–Crippen MR) is 79.4 cm³/mol. The van der Waals surface area contributed by atoms with Crippen LogP contribution in [-0.4, -0.2) is 16.9 Å². The number of amides is 1. The van der Waals surface area contributed by atoms with E-state index in [9.17, 15) is 9.18 Å². The first-order chi connectivity index (χ1) is 10.2. The molecule has 0 aliphatic heterocycles. The first-order valence-corrected chi connectivity index (χ1v) is 7.25. The lowest BCUT2D eigenvalue weighted by atomic mass is 10.1. The van der Waals surface area contributed by atoms with E-state index in [0.717, 1.165) is 12.8 Å². The molecular formula is C17H17FN2O. The van der Waals surface area contributed by atoms with Crippen LogP contribution in [0.25, 0.3) is 11.3 Å². The second kappa shape index (κ2) is 6.04. The first kappa shape index (κ1) is 13.7. The molecule has 1 aliphatic carbocycles. The highest BCUT2D eigenvalue weighted by Gasteiger charge is 2.18. The standard InChI is InChI=1S/C17H17FN2O/c18-14-5-3-4-12(10-14)16-9-8-13(11-19-16)17(21)20-15-6-1-2-7-15/h3-5,8-11,15H,1-2,6-7H2,(H,20,21). The van der Waals surface area contributed by atoms with Crippen molar-refractivity contribution in [3.8, 4) is 11.3 Å². The quantitative estimate of drug-likeness (QED) is 0.936. The highest BCUT2D eigenvalue weighted by atomic mass is 19.1. The number of nitrogens with one attached hydrogen (secondary N) is 1. The Balaban J connectivity index is 1.72. The lowest BCUT2D eigenvalue weighted by Gasteiger charge is -2.11. The molecule has 2 aromatic rings. The molecule has 1 N–H and O–H groups in total. The third kappa shape index (κ3) is 3.27. The molecule has 1 fully saturated rings. The number of aromatic nitrogens is 1. The van der Waals surface area contributed by atoms with Crippen molar-refractivity contribution in [3.63, 3.8) is 0 Å². The number of carbonyl (C=O) groups is 1. The van der Waals surface area contributed by atoms with Crippen LogP contribution in [-0.2, 0) is 0 Å². The maximum absolute atomic E-state index is 13.2. The van der Waals surface area contributed by atoms with E-state index in [1.165, 1.54) is 25.0 Å². The van der Waals surface area contributed by atoms with Gasteiger partial charge in [0.15, 0.2) is 0 Å². The van der Waals surface area contributed by atoms with Gasteiger partial charge in [-0.05, 0) is 37.1 Å². The second-order valence-corrected chi connectivity index (χ2v) is 5.40. The average molecular weight is 284 g/mol. The number of rotatable bonds is 3. The van der Waals surface area contributed by atoms with Gasteiger partial charge in [-0.3, -0.25) is 9.78 Å². The molecule has 1 saturated carbocycles. The van der Waals surface area contributed by atoms with Gasteiger partial charge in [-0.15, -0.1) is 0 Å². The van der Waals surface area contributed by atoms with E-state index in [0.29, 0.717) is 22.9 Å². The topological polar surface area (TPSA) is 42.0 Å². The predicted octanol–water partition coefficient (Wildman–Crippen LogP) is 3.56. The van der Waals surface area contributed by atoms with Crippen molar-refractivity contribution in [3.05, 3.63) is 54.0 Å². The minimum atomic E-state index is -0.294. The fraction of sp³-hybridized carbons (Fsp3) is 0.294. The van der Waals surface area contributed by atoms with E-state index in [-0.39, 0.29) is 11.7 Å². The van der Waals surface area contributed by atoms with Crippen LogP contribution in [0.2, 0.25) is 0 Å². The summed E-state index contributed by atoms with van der Waals surface area (Å²) in [5.74, 6) is -0.377. The number of halogens is 1. The third-order valence-electron chi connectivity index (χ3n) is 3.84. The van der Waals surface area contributed by atoms with Gasteiger partial charge in [-0.1, -0.05) is 25.0 Å². The summed E-state index contributed by atoms with van der Waals surface area (Å²) in [6, 6.07) is 10.0. The Kier molecular flexibility index (Phi) is 3.95. The van der Waals surface area contributed by atoms with Gasteiger partial charge in [0, 0.05) is 17.8 Å². The monoisotopic (exact) mass is 284 g/mol. The van der Waals surface area contributed by atoms with Crippen LogP contribution >= 0.6 is 0 Å². The molecule has 0 bridgehead atoms. The van der Waals surface area contributed by atoms with Crippen molar-refractivity contribution >= 4 is 5.91 Å². The van der Waals surface area contributed by atoms with Gasteiger partial charge in [-0.2, -0.15) is 0 Å². The van der Waals surface area contributed by atoms with Crippen LogP contribution in [0.4, 0.5) is 4.39 Å². The van der Waals surface area contributed by atoms with E-state index in [2.05, 4.69) is 10.3 Å². The molecule has 1 aromatic heterocycles. The lowest BCUT2D eigenvalue weighted by molar-refractivity contribution is 0.0937. The number of carbonyl (C=O) groups excluding carboxylic acids is 1. The van der Waals surface area contributed by atoms with Gasteiger partial charge in [0.05, 0.1) is 11.3 Å². The molecule has 0 radical (unpaired) electrons. The van der Waals surface area contributed by atoms with Crippen molar-refractivity contribution in [2.24, 2.45) is 0 Å². The molecule has 3 rings (SSSR count). The van der Waals surface area contributed by atoms with E-state index < -0.39 is 0 Å². The van der Waals surface area contributed by atoms with Crippen LogP contribution in [0, 0.1) is 5.82 Å². The van der Waals surface area contributed by atoms with E-state index in [4.69, 9.17) is 0 Å². The van der Waals surface area contributed by atoms with Crippen molar-refractivity contribution in [1.82, 2.24) is 10.3 Å². The Morgan fingerprint density at radius 1 is 1.19 bits per heavy atom. The molecule has 0 spiro atoms. The van der Waals surface area contributed by atoms with Crippen molar-refractivity contribution < 1.29 is 9.18 Å². The highest BCUT2D eigenvalue weighted by Crippen LogP contribution is 2.20. The van der Waals surface area contributed by atoms with Crippen LogP contribution < -0.4 is 5.32 Å². The zero-order chi connectivity index (χ0) is 14.7. The molecule has 1 aromatic carbocycles. The van der Waals surface area contributed by atoms with Crippen LogP contribution in [0.3, 0.4) is 0 Å². The van der Waals surface area contributed by atoms with Gasteiger partial charge >= 0.3 is 0 Å². The number of benzene rings is 1. The fourth-order valence-electron chi connectivity index (χ4n) is 2.69. The third-order valence-corrected chi connectivity index (χ3v) is 3.84. The Morgan fingerprint density at radius 3 is 2.67 bits per heavy atom. The summed E-state index contributed by atoms with van der Waals surface area (Å²) in [4.78, 5) is 16.3. The van der Waals surface area contributed by atoms with Gasteiger partial charge in [0.2, 0.25) is 0 Å². The average Bonchev–Trinajstić information content (AvgIpc) is 3.00. The number of nitrogens with zero attached hydrogens (tertiary/aromatic N) is 1. The van der Waals surface area contributed by atoms with E-state index in [1.54, 1.807) is 30.5 Å². The van der Waals surface area contributed by atoms with E-state index >= 15 is 0 Å². The summed E-state index contributed by atoms with van der Waals surface area (Å²) in [5, 5.41) is 3.02. The fourth-order valence-corrected chi connectivity index (χ4v) is 2.69. The Bertz CT molecular complexity index is 633. The molecule has 1 heterocycles. The maximum atomic E-state index is 13.2. The Hall–Kier alpha value is -2.23. The van der Waals surface area contributed by atoms with Gasteiger partial charge in [0.25, 0.3) is 5.91 Å². The maximum Gasteiger partial charge on any atom is 0.253 e. The molecule has 4 heteroatoms. The van der Waals surface area contributed by atoms with Gasteiger partial charge in [0.1, 0.15) is 5.82 Å².